The highest BCUT2D eigenvalue weighted by molar-refractivity contribution is 5.83. The van der Waals surface area contributed by atoms with Crippen LogP contribution >= 0.6 is 0 Å². The largest absolute Gasteiger partial charge is 0.496 e. The van der Waals surface area contributed by atoms with Crippen LogP contribution in [-0.2, 0) is 11.3 Å². The number of aromatic nitrogens is 2. The van der Waals surface area contributed by atoms with Crippen LogP contribution in [0.25, 0.3) is 10.9 Å². The summed E-state index contributed by atoms with van der Waals surface area (Å²) in [5.74, 6) is 2.15. The van der Waals surface area contributed by atoms with Gasteiger partial charge in [-0.15, -0.1) is 0 Å². The normalized spacial score (nSPS) is 14.7. The first kappa shape index (κ1) is 22.1. The second-order valence-corrected chi connectivity index (χ2v) is 8.83. The first-order chi connectivity index (χ1) is 15.5. The second kappa shape index (κ2) is 9.55. The van der Waals surface area contributed by atoms with Gasteiger partial charge in [0.05, 0.1) is 18.3 Å². The molecule has 1 aliphatic heterocycles. The fourth-order valence-electron chi connectivity index (χ4n) is 4.30. The van der Waals surface area contributed by atoms with Crippen LogP contribution in [0, 0.1) is 12.8 Å². The summed E-state index contributed by atoms with van der Waals surface area (Å²) in [6.45, 7) is 8.48. The van der Waals surface area contributed by atoms with Crippen molar-refractivity contribution in [2.45, 2.75) is 46.1 Å². The molecule has 0 unspecified atom stereocenters. The van der Waals surface area contributed by atoms with Crippen LogP contribution in [0.15, 0.2) is 42.5 Å². The zero-order valence-corrected chi connectivity index (χ0v) is 19.4. The summed E-state index contributed by atoms with van der Waals surface area (Å²) in [5.41, 5.74) is 4.27. The maximum absolute atomic E-state index is 12.7. The predicted octanol–water partition coefficient (Wildman–Crippen LogP) is 4.60. The Labute approximate surface area is 190 Å². The summed E-state index contributed by atoms with van der Waals surface area (Å²) in [6, 6.07) is 14.2. The van der Waals surface area contributed by atoms with Gasteiger partial charge in [0.2, 0.25) is 11.9 Å². The molecule has 0 aliphatic carbocycles. The quantitative estimate of drug-likeness (QED) is 0.616. The lowest BCUT2D eigenvalue weighted by Crippen LogP contribution is -2.41. The number of nitrogens with one attached hydrogen (secondary N) is 1. The molecule has 2 heterocycles. The highest BCUT2D eigenvalue weighted by Gasteiger charge is 2.26. The van der Waals surface area contributed by atoms with Crippen molar-refractivity contribution in [3.05, 3.63) is 59.3 Å². The van der Waals surface area contributed by atoms with Crippen molar-refractivity contribution >= 4 is 22.8 Å². The summed E-state index contributed by atoms with van der Waals surface area (Å²) >= 11 is 0. The Kier molecular flexibility index (Phi) is 6.58. The molecular formula is C26H32N4O2. The maximum Gasteiger partial charge on any atom is 0.226 e. The fourth-order valence-corrected chi connectivity index (χ4v) is 4.30. The van der Waals surface area contributed by atoms with Gasteiger partial charge in [-0.2, -0.15) is 0 Å². The van der Waals surface area contributed by atoms with E-state index in [0.29, 0.717) is 12.5 Å². The third-order valence-electron chi connectivity index (χ3n) is 6.36. The number of ether oxygens (including phenoxy) is 1. The average molecular weight is 433 g/mol. The van der Waals surface area contributed by atoms with E-state index in [1.807, 2.05) is 24.3 Å². The zero-order valence-electron chi connectivity index (χ0n) is 19.4. The molecule has 1 N–H and O–H groups in total. The number of amides is 1. The van der Waals surface area contributed by atoms with Crippen LogP contribution < -0.4 is 15.0 Å². The van der Waals surface area contributed by atoms with Gasteiger partial charge in [0.15, 0.2) is 0 Å². The first-order valence-electron chi connectivity index (χ1n) is 11.4. The van der Waals surface area contributed by atoms with Crippen molar-refractivity contribution < 1.29 is 9.53 Å². The molecule has 1 amide bonds. The number of nitrogens with zero attached hydrogens (tertiary/aromatic N) is 3. The van der Waals surface area contributed by atoms with Gasteiger partial charge < -0.3 is 15.0 Å². The zero-order chi connectivity index (χ0) is 22.7. The predicted molar refractivity (Wildman–Crippen MR) is 128 cm³/mol. The molecule has 1 fully saturated rings. The third-order valence-corrected chi connectivity index (χ3v) is 6.36. The first-order valence-corrected chi connectivity index (χ1v) is 11.4. The summed E-state index contributed by atoms with van der Waals surface area (Å²) in [7, 11) is 1.65. The van der Waals surface area contributed by atoms with E-state index in [4.69, 9.17) is 14.7 Å². The Morgan fingerprint density at radius 2 is 1.91 bits per heavy atom. The maximum atomic E-state index is 12.7. The number of benzene rings is 2. The van der Waals surface area contributed by atoms with Gasteiger partial charge in [-0.1, -0.05) is 38.1 Å². The summed E-state index contributed by atoms with van der Waals surface area (Å²) in [6.07, 6.45) is 1.59. The van der Waals surface area contributed by atoms with Crippen molar-refractivity contribution in [2.24, 2.45) is 5.92 Å². The van der Waals surface area contributed by atoms with E-state index in [-0.39, 0.29) is 11.8 Å². The van der Waals surface area contributed by atoms with Crippen molar-refractivity contribution in [3.63, 3.8) is 0 Å². The lowest BCUT2D eigenvalue weighted by molar-refractivity contribution is -0.125. The van der Waals surface area contributed by atoms with Crippen LogP contribution in [0.5, 0.6) is 5.75 Å². The van der Waals surface area contributed by atoms with Gasteiger partial charge in [0, 0.05) is 36.5 Å². The topological polar surface area (TPSA) is 67.3 Å². The molecule has 0 saturated carbocycles. The Balaban J connectivity index is 1.38. The number of hydrogen-bond donors (Lipinski definition) is 1. The number of aryl methyl sites for hydroxylation is 1. The van der Waals surface area contributed by atoms with E-state index >= 15 is 0 Å². The molecule has 1 aliphatic rings. The molecule has 1 saturated heterocycles. The number of hydrogen-bond acceptors (Lipinski definition) is 5. The van der Waals surface area contributed by atoms with Crippen LogP contribution in [0.2, 0.25) is 0 Å². The van der Waals surface area contributed by atoms with Crippen molar-refractivity contribution in [3.8, 4) is 5.75 Å². The number of piperidine rings is 1. The minimum Gasteiger partial charge on any atom is -0.496 e. The molecule has 6 heteroatoms. The lowest BCUT2D eigenvalue weighted by Gasteiger charge is -2.31. The number of anilines is 1. The van der Waals surface area contributed by atoms with Gasteiger partial charge in [0.1, 0.15) is 5.75 Å². The summed E-state index contributed by atoms with van der Waals surface area (Å²) < 4.78 is 5.37. The van der Waals surface area contributed by atoms with Gasteiger partial charge >= 0.3 is 0 Å². The smallest absolute Gasteiger partial charge is 0.226 e. The number of fused-ring (bicyclic) bond motifs is 1. The molecule has 2 aromatic carbocycles. The summed E-state index contributed by atoms with van der Waals surface area (Å²) in [5, 5.41) is 4.19. The highest BCUT2D eigenvalue weighted by Crippen LogP contribution is 2.26. The van der Waals surface area contributed by atoms with E-state index in [0.717, 1.165) is 59.8 Å². The van der Waals surface area contributed by atoms with E-state index in [1.165, 1.54) is 5.56 Å². The molecule has 32 heavy (non-hydrogen) atoms. The van der Waals surface area contributed by atoms with Crippen molar-refractivity contribution in [1.82, 2.24) is 15.3 Å². The Bertz CT molecular complexity index is 1100. The fraction of sp³-hybridized carbons (Fsp3) is 0.423. The van der Waals surface area contributed by atoms with E-state index < -0.39 is 0 Å². The number of carbonyl (C=O) groups is 1. The standard InChI is InChI=1S/C26H32N4O2/c1-17(2)20-9-10-23-22(15-20)18(3)28-26(29-23)30-13-11-19(12-14-30)25(31)27-16-21-7-5-6-8-24(21)32-4/h5-10,15,17,19H,11-14,16H2,1-4H3,(H,27,31). The van der Waals surface area contributed by atoms with Crippen molar-refractivity contribution in [1.29, 1.82) is 0 Å². The van der Waals surface area contributed by atoms with E-state index in [9.17, 15) is 4.79 Å². The molecule has 0 radical (unpaired) electrons. The number of methoxy groups -OCH3 is 1. The van der Waals surface area contributed by atoms with Gasteiger partial charge in [0.25, 0.3) is 0 Å². The Hall–Kier alpha value is -3.15. The van der Waals surface area contributed by atoms with Crippen LogP contribution in [-0.4, -0.2) is 36.1 Å². The minimum atomic E-state index is 0.0103. The molecule has 1 aromatic heterocycles. The van der Waals surface area contributed by atoms with Crippen molar-refractivity contribution in [2.75, 3.05) is 25.1 Å². The van der Waals surface area contributed by atoms with Gasteiger partial charge in [-0.05, 0) is 49.4 Å². The van der Waals surface area contributed by atoms with Gasteiger partial charge in [-0.25, -0.2) is 9.97 Å². The molecule has 0 bridgehead atoms. The third kappa shape index (κ3) is 4.69. The molecule has 4 rings (SSSR count). The summed E-state index contributed by atoms with van der Waals surface area (Å²) in [4.78, 5) is 24.5. The molecule has 0 spiro atoms. The highest BCUT2D eigenvalue weighted by atomic mass is 16.5. The average Bonchev–Trinajstić information content (AvgIpc) is 2.82. The van der Waals surface area contributed by atoms with Crippen LogP contribution in [0.1, 0.15) is 49.4 Å². The number of para-hydroxylation sites is 1. The van der Waals surface area contributed by atoms with Gasteiger partial charge in [-0.3, -0.25) is 4.79 Å². The molecule has 3 aromatic rings. The molecule has 0 atom stereocenters. The molecule has 168 valence electrons. The molecule has 6 nitrogen and oxygen atoms in total. The lowest BCUT2D eigenvalue weighted by atomic mass is 9.96. The van der Waals surface area contributed by atoms with E-state index in [1.54, 1.807) is 7.11 Å². The Morgan fingerprint density at radius 3 is 2.62 bits per heavy atom. The monoisotopic (exact) mass is 432 g/mol. The minimum absolute atomic E-state index is 0.0103. The van der Waals surface area contributed by atoms with E-state index in [2.05, 4.69) is 49.2 Å². The second-order valence-electron chi connectivity index (χ2n) is 8.83. The Morgan fingerprint density at radius 1 is 1.16 bits per heavy atom. The van der Waals surface area contributed by atoms with Crippen LogP contribution in [0.3, 0.4) is 0 Å². The number of carbonyl (C=O) groups excluding carboxylic acids is 1. The SMILES string of the molecule is COc1ccccc1CNC(=O)C1CCN(c2nc(C)c3cc(C(C)C)ccc3n2)CC1. The number of rotatable bonds is 6. The molecular weight excluding hydrogens is 400 g/mol. The van der Waals surface area contributed by atoms with Crippen LogP contribution in [0.4, 0.5) is 5.95 Å².